The van der Waals surface area contributed by atoms with Gasteiger partial charge in [0.15, 0.2) is 5.76 Å². The van der Waals surface area contributed by atoms with E-state index in [1.807, 2.05) is 0 Å². The molecule has 0 amide bonds. The highest BCUT2D eigenvalue weighted by molar-refractivity contribution is 7.92. The lowest BCUT2D eigenvalue weighted by molar-refractivity contribution is 0.334. The second-order valence-electron chi connectivity index (χ2n) is 5.93. The number of sulfonamides is 1. The van der Waals surface area contributed by atoms with Crippen LogP contribution in [0.5, 0.6) is 0 Å². The van der Waals surface area contributed by atoms with Crippen molar-refractivity contribution >= 4 is 27.3 Å². The van der Waals surface area contributed by atoms with Gasteiger partial charge in [-0.2, -0.15) is 8.42 Å². The predicted molar refractivity (Wildman–Crippen MR) is 90.8 cm³/mol. The first-order valence-electron chi connectivity index (χ1n) is 7.84. The Balaban J connectivity index is 1.56. The minimum absolute atomic E-state index is 0.111. The molecule has 7 nitrogen and oxygen atoms in total. The summed E-state index contributed by atoms with van der Waals surface area (Å²) < 4.78 is 51.2. The Hall–Kier alpha value is -2.39. The van der Waals surface area contributed by atoms with Gasteiger partial charge in [-0.05, 0) is 43.2 Å². The molecule has 26 heavy (non-hydrogen) atoms. The van der Waals surface area contributed by atoms with Gasteiger partial charge in [0.1, 0.15) is 5.82 Å². The Kier molecular flexibility index (Phi) is 4.20. The van der Waals surface area contributed by atoms with Crippen LogP contribution in [0, 0.1) is 5.82 Å². The summed E-state index contributed by atoms with van der Waals surface area (Å²) in [7, 11) is -4.02. The lowest BCUT2D eigenvalue weighted by Crippen LogP contribution is -2.12. The fraction of sp³-hybridized carbons (Fsp3) is 0.250. The number of halogens is 2. The molecule has 1 N–H and O–H groups in total. The smallest absolute Gasteiger partial charge is 0.295 e. The van der Waals surface area contributed by atoms with Crippen LogP contribution in [0.15, 0.2) is 44.3 Å². The summed E-state index contributed by atoms with van der Waals surface area (Å²) in [4.78, 5) is 0. The molecule has 4 rings (SSSR count). The van der Waals surface area contributed by atoms with Crippen molar-refractivity contribution < 1.29 is 21.6 Å². The molecule has 0 spiro atoms. The molecule has 0 radical (unpaired) electrons. The van der Waals surface area contributed by atoms with E-state index in [0.29, 0.717) is 5.89 Å². The lowest BCUT2D eigenvalue weighted by Gasteiger charge is -2.20. The molecule has 10 heteroatoms. The van der Waals surface area contributed by atoms with Gasteiger partial charge in [-0.25, -0.2) is 4.39 Å². The van der Waals surface area contributed by atoms with Crippen molar-refractivity contribution in [1.29, 1.82) is 0 Å². The third-order valence-corrected chi connectivity index (χ3v) is 5.67. The normalized spacial score (nSPS) is 15.0. The third-order valence-electron chi connectivity index (χ3n) is 4.12. The minimum atomic E-state index is -4.02. The number of anilines is 1. The number of nitrogens with one attached hydrogen (secondary N) is 1. The minimum Gasteiger partial charge on any atom is -0.438 e. The molecule has 136 valence electrons. The first-order chi connectivity index (χ1) is 12.4. The molecule has 0 saturated heterocycles. The Labute approximate surface area is 153 Å². The topological polar surface area (TPSA) is 98.2 Å². The van der Waals surface area contributed by atoms with Crippen molar-refractivity contribution in [3.8, 4) is 11.7 Å². The van der Waals surface area contributed by atoms with Gasteiger partial charge in [-0.3, -0.25) is 4.72 Å². The van der Waals surface area contributed by atoms with E-state index < -0.39 is 15.8 Å². The fourth-order valence-electron chi connectivity index (χ4n) is 2.50. The number of aromatic nitrogens is 2. The van der Waals surface area contributed by atoms with Crippen molar-refractivity contribution in [2.75, 3.05) is 4.72 Å². The van der Waals surface area contributed by atoms with Crippen LogP contribution < -0.4 is 4.72 Å². The first kappa shape index (κ1) is 17.0. The van der Waals surface area contributed by atoms with Crippen LogP contribution in [0.2, 0.25) is 5.02 Å². The molecule has 1 aliphatic carbocycles. The second-order valence-corrected chi connectivity index (χ2v) is 7.95. The molecule has 3 aromatic rings. The average molecular weight is 398 g/mol. The summed E-state index contributed by atoms with van der Waals surface area (Å²) in [5.41, 5.74) is 0.111. The highest BCUT2D eigenvalue weighted by atomic mass is 35.5. The number of hydrogen-bond donors (Lipinski definition) is 1. The molecule has 0 atom stereocenters. The first-order valence-corrected chi connectivity index (χ1v) is 9.70. The maximum Gasteiger partial charge on any atom is 0.295 e. The standard InChI is InChI=1S/C16H13ClFN3O4S/c17-11-8-10(4-5-12(11)18)21-26(22,23)14-7-6-13(24-14)16-20-19-15(25-16)9-2-1-3-9/h4-9,21H,1-3H2. The van der Waals surface area contributed by atoms with Crippen LogP contribution >= 0.6 is 11.6 Å². The van der Waals surface area contributed by atoms with E-state index in [2.05, 4.69) is 14.9 Å². The molecule has 1 aromatic carbocycles. The molecule has 0 bridgehead atoms. The van der Waals surface area contributed by atoms with E-state index in [0.717, 1.165) is 25.3 Å². The summed E-state index contributed by atoms with van der Waals surface area (Å²) in [6, 6.07) is 6.20. The maximum absolute atomic E-state index is 13.2. The fourth-order valence-corrected chi connectivity index (χ4v) is 3.66. The third kappa shape index (κ3) is 3.19. The molecule has 0 aliphatic heterocycles. The van der Waals surface area contributed by atoms with E-state index in [4.69, 9.17) is 20.4 Å². The molecule has 2 heterocycles. The van der Waals surface area contributed by atoms with Gasteiger partial charge in [-0.15, -0.1) is 10.2 Å². The second kappa shape index (κ2) is 6.40. The van der Waals surface area contributed by atoms with Crippen LogP contribution in [0.3, 0.4) is 0 Å². The van der Waals surface area contributed by atoms with Gasteiger partial charge in [0.25, 0.3) is 15.9 Å². The molecule has 1 fully saturated rings. The van der Waals surface area contributed by atoms with Gasteiger partial charge in [0.2, 0.25) is 11.0 Å². The van der Waals surface area contributed by atoms with Gasteiger partial charge < -0.3 is 8.83 Å². The monoisotopic (exact) mass is 397 g/mol. The lowest BCUT2D eigenvalue weighted by atomic mass is 9.85. The Morgan fingerprint density at radius 2 is 1.96 bits per heavy atom. The molecular weight excluding hydrogens is 385 g/mol. The Morgan fingerprint density at radius 3 is 2.65 bits per heavy atom. The molecule has 0 unspecified atom stereocenters. The zero-order chi connectivity index (χ0) is 18.3. The quantitative estimate of drug-likeness (QED) is 0.693. The number of hydrogen-bond acceptors (Lipinski definition) is 6. The maximum atomic E-state index is 13.2. The van der Waals surface area contributed by atoms with E-state index >= 15 is 0 Å². The van der Waals surface area contributed by atoms with Crippen molar-refractivity contribution in [2.24, 2.45) is 0 Å². The Bertz CT molecular complexity index is 1060. The number of furan rings is 1. The van der Waals surface area contributed by atoms with Gasteiger partial charge in [0.05, 0.1) is 10.7 Å². The number of nitrogens with zero attached hydrogens (tertiary/aromatic N) is 2. The van der Waals surface area contributed by atoms with Gasteiger partial charge >= 0.3 is 0 Å². The van der Waals surface area contributed by atoms with E-state index in [9.17, 15) is 12.8 Å². The van der Waals surface area contributed by atoms with Crippen molar-refractivity contribution in [3.05, 3.63) is 47.1 Å². The zero-order valence-electron chi connectivity index (χ0n) is 13.3. The summed E-state index contributed by atoms with van der Waals surface area (Å²) in [6.07, 6.45) is 3.14. The van der Waals surface area contributed by atoms with Crippen molar-refractivity contribution in [3.63, 3.8) is 0 Å². The Morgan fingerprint density at radius 1 is 1.15 bits per heavy atom. The number of benzene rings is 1. The van der Waals surface area contributed by atoms with E-state index in [1.54, 1.807) is 0 Å². The zero-order valence-corrected chi connectivity index (χ0v) is 14.8. The average Bonchev–Trinajstić information content (AvgIpc) is 3.18. The predicted octanol–water partition coefficient (Wildman–Crippen LogP) is 4.19. The summed E-state index contributed by atoms with van der Waals surface area (Å²) in [5, 5.41) is 7.35. The molecular formula is C16H13ClFN3O4S. The van der Waals surface area contributed by atoms with E-state index in [-0.39, 0.29) is 33.4 Å². The largest absolute Gasteiger partial charge is 0.438 e. The summed E-state index contributed by atoms with van der Waals surface area (Å²) in [6.45, 7) is 0. The van der Waals surface area contributed by atoms with Crippen LogP contribution in [-0.4, -0.2) is 18.6 Å². The summed E-state index contributed by atoms with van der Waals surface area (Å²) >= 11 is 5.66. The molecule has 2 aromatic heterocycles. The highest BCUT2D eigenvalue weighted by Gasteiger charge is 2.27. The van der Waals surface area contributed by atoms with Crippen molar-refractivity contribution in [2.45, 2.75) is 30.3 Å². The van der Waals surface area contributed by atoms with Crippen LogP contribution in [0.1, 0.15) is 31.1 Å². The van der Waals surface area contributed by atoms with Gasteiger partial charge in [0, 0.05) is 5.92 Å². The van der Waals surface area contributed by atoms with Gasteiger partial charge in [-0.1, -0.05) is 18.0 Å². The molecule has 1 saturated carbocycles. The SMILES string of the molecule is O=S(=O)(Nc1ccc(F)c(Cl)c1)c1ccc(-c2nnc(C3CCC3)o2)o1. The van der Waals surface area contributed by atoms with Crippen LogP contribution in [0.4, 0.5) is 10.1 Å². The van der Waals surface area contributed by atoms with Crippen molar-refractivity contribution in [1.82, 2.24) is 10.2 Å². The molecule has 1 aliphatic rings. The number of rotatable bonds is 5. The van der Waals surface area contributed by atoms with E-state index in [1.165, 1.54) is 24.3 Å². The highest BCUT2D eigenvalue weighted by Crippen LogP contribution is 2.36. The van der Waals surface area contributed by atoms with Crippen LogP contribution in [-0.2, 0) is 10.0 Å². The van der Waals surface area contributed by atoms with Crippen LogP contribution in [0.25, 0.3) is 11.7 Å². The summed E-state index contributed by atoms with van der Waals surface area (Å²) in [5.74, 6) is 0.428.